The molecular weight excluding hydrogens is 256 g/mol. The molecule has 1 fully saturated rings. The van der Waals surface area contributed by atoms with Gasteiger partial charge in [-0.2, -0.15) is 0 Å². The van der Waals surface area contributed by atoms with E-state index < -0.39 is 0 Å². The van der Waals surface area contributed by atoms with Crippen LogP contribution < -0.4 is 10.6 Å². The first-order valence-electron chi connectivity index (χ1n) is 7.15. The van der Waals surface area contributed by atoms with Gasteiger partial charge in [-0.25, -0.2) is 0 Å². The number of amides is 1. The average Bonchev–Trinajstić information content (AvgIpc) is 3.06. The summed E-state index contributed by atoms with van der Waals surface area (Å²) in [5.41, 5.74) is -0.231. The number of rotatable bonds is 5. The summed E-state index contributed by atoms with van der Waals surface area (Å²) in [5.74, 6) is 0.580. The number of carbonyl (C=O) groups excluding carboxylic acids is 1. The predicted molar refractivity (Wildman–Crippen MR) is 80.3 cm³/mol. The van der Waals surface area contributed by atoms with Gasteiger partial charge < -0.3 is 10.6 Å². The molecule has 1 aromatic rings. The number of hydrogen-bond acceptors (Lipinski definition) is 3. The van der Waals surface area contributed by atoms with E-state index in [0.29, 0.717) is 5.92 Å². The van der Waals surface area contributed by atoms with Crippen molar-refractivity contribution in [1.82, 2.24) is 10.6 Å². The lowest BCUT2D eigenvalue weighted by Crippen LogP contribution is -2.47. The van der Waals surface area contributed by atoms with Crippen molar-refractivity contribution in [3.63, 3.8) is 0 Å². The molecule has 1 amide bonds. The van der Waals surface area contributed by atoms with Crippen LogP contribution in [0.25, 0.3) is 0 Å². The number of nitrogens with one attached hydrogen (secondary N) is 2. The zero-order chi connectivity index (χ0) is 13.9. The van der Waals surface area contributed by atoms with E-state index in [1.165, 1.54) is 4.88 Å². The van der Waals surface area contributed by atoms with Gasteiger partial charge in [0.15, 0.2) is 0 Å². The second-order valence-electron chi connectivity index (χ2n) is 5.69. The van der Waals surface area contributed by atoms with E-state index in [-0.39, 0.29) is 17.4 Å². The summed E-state index contributed by atoms with van der Waals surface area (Å²) >= 11 is 1.72. The molecule has 0 spiro atoms. The quantitative estimate of drug-likeness (QED) is 0.870. The van der Waals surface area contributed by atoms with Crippen molar-refractivity contribution >= 4 is 17.2 Å². The third kappa shape index (κ3) is 2.84. The van der Waals surface area contributed by atoms with Gasteiger partial charge in [0.1, 0.15) is 0 Å². The van der Waals surface area contributed by atoms with Crippen molar-refractivity contribution in [2.45, 2.75) is 39.7 Å². The van der Waals surface area contributed by atoms with E-state index in [1.807, 2.05) is 6.07 Å². The topological polar surface area (TPSA) is 41.1 Å². The van der Waals surface area contributed by atoms with Gasteiger partial charge in [-0.05, 0) is 36.8 Å². The van der Waals surface area contributed by atoms with Crippen LogP contribution in [0.2, 0.25) is 0 Å². The summed E-state index contributed by atoms with van der Waals surface area (Å²) in [4.78, 5) is 14.0. The Morgan fingerprint density at radius 3 is 2.84 bits per heavy atom. The SMILES string of the molecule is CCC(NC(=O)C1(C(C)C)CCNC1)c1cccs1. The fourth-order valence-corrected chi connectivity index (χ4v) is 3.69. The highest BCUT2D eigenvalue weighted by Gasteiger charge is 2.44. The lowest BCUT2D eigenvalue weighted by Gasteiger charge is -2.32. The van der Waals surface area contributed by atoms with Gasteiger partial charge in [-0.15, -0.1) is 11.3 Å². The summed E-state index contributed by atoms with van der Waals surface area (Å²) in [6, 6.07) is 4.31. The first kappa shape index (κ1) is 14.5. The van der Waals surface area contributed by atoms with Crippen molar-refractivity contribution in [1.29, 1.82) is 0 Å². The molecule has 1 saturated heterocycles. The Bertz CT molecular complexity index is 408. The summed E-state index contributed by atoms with van der Waals surface area (Å²) < 4.78 is 0. The predicted octanol–water partition coefficient (Wildman–Crippen LogP) is 2.95. The van der Waals surface area contributed by atoms with Crippen molar-refractivity contribution in [3.8, 4) is 0 Å². The van der Waals surface area contributed by atoms with Crippen LogP contribution in [0.4, 0.5) is 0 Å². The number of thiophene rings is 1. The third-order valence-corrected chi connectivity index (χ3v) is 5.33. The molecular formula is C15H24N2OS. The van der Waals surface area contributed by atoms with E-state index in [0.717, 1.165) is 25.9 Å². The number of hydrogen-bond donors (Lipinski definition) is 2. The summed E-state index contributed by atoms with van der Waals surface area (Å²) in [5, 5.41) is 8.68. The van der Waals surface area contributed by atoms with Gasteiger partial charge in [-0.1, -0.05) is 26.8 Å². The van der Waals surface area contributed by atoms with Crippen LogP contribution in [0.15, 0.2) is 17.5 Å². The van der Waals surface area contributed by atoms with Gasteiger partial charge in [0.2, 0.25) is 5.91 Å². The maximum atomic E-state index is 12.7. The van der Waals surface area contributed by atoms with Gasteiger partial charge in [0, 0.05) is 11.4 Å². The fraction of sp³-hybridized carbons (Fsp3) is 0.667. The Morgan fingerprint density at radius 1 is 1.58 bits per heavy atom. The Kier molecular flexibility index (Phi) is 4.63. The molecule has 19 heavy (non-hydrogen) atoms. The fourth-order valence-electron chi connectivity index (χ4n) is 2.83. The minimum Gasteiger partial charge on any atom is -0.348 e. The first-order chi connectivity index (χ1) is 9.10. The van der Waals surface area contributed by atoms with Crippen molar-refractivity contribution < 1.29 is 4.79 Å². The third-order valence-electron chi connectivity index (χ3n) is 4.35. The van der Waals surface area contributed by atoms with Gasteiger partial charge in [0.25, 0.3) is 0 Å². The molecule has 3 nitrogen and oxygen atoms in total. The highest BCUT2D eigenvalue weighted by atomic mass is 32.1. The molecule has 4 heteroatoms. The van der Waals surface area contributed by atoms with Gasteiger partial charge in [-0.3, -0.25) is 4.79 Å². The monoisotopic (exact) mass is 280 g/mol. The number of carbonyl (C=O) groups is 1. The highest BCUT2D eigenvalue weighted by molar-refractivity contribution is 7.10. The lowest BCUT2D eigenvalue weighted by atomic mass is 9.75. The molecule has 1 aromatic heterocycles. The van der Waals surface area contributed by atoms with E-state index in [4.69, 9.17) is 0 Å². The molecule has 1 aliphatic rings. The molecule has 2 heterocycles. The molecule has 0 bridgehead atoms. The molecule has 2 rings (SSSR count). The van der Waals surface area contributed by atoms with E-state index >= 15 is 0 Å². The minimum absolute atomic E-state index is 0.156. The molecule has 0 aliphatic carbocycles. The molecule has 2 N–H and O–H groups in total. The van der Waals surface area contributed by atoms with Crippen LogP contribution in [0.3, 0.4) is 0 Å². The molecule has 0 radical (unpaired) electrons. The van der Waals surface area contributed by atoms with Crippen LogP contribution in [0.5, 0.6) is 0 Å². The van der Waals surface area contributed by atoms with Crippen LogP contribution in [0, 0.1) is 11.3 Å². The molecule has 2 atom stereocenters. The Labute approximate surface area is 119 Å². The normalized spacial score (nSPS) is 24.6. The molecule has 0 saturated carbocycles. The van der Waals surface area contributed by atoms with E-state index in [9.17, 15) is 4.79 Å². The first-order valence-corrected chi connectivity index (χ1v) is 8.03. The molecule has 2 unspecified atom stereocenters. The second-order valence-corrected chi connectivity index (χ2v) is 6.67. The smallest absolute Gasteiger partial charge is 0.228 e. The summed E-state index contributed by atoms with van der Waals surface area (Å²) in [6.45, 7) is 8.18. The Hall–Kier alpha value is -0.870. The van der Waals surface area contributed by atoms with Crippen LogP contribution >= 0.6 is 11.3 Å². The van der Waals surface area contributed by atoms with Crippen LogP contribution in [-0.2, 0) is 4.79 Å². The maximum absolute atomic E-state index is 12.7. The average molecular weight is 280 g/mol. The standard InChI is InChI=1S/C15H24N2OS/c1-4-12(13-6-5-9-19-13)17-14(18)15(11(2)3)7-8-16-10-15/h5-6,9,11-12,16H,4,7-8,10H2,1-3H3,(H,17,18). The Balaban J connectivity index is 2.10. The van der Waals surface area contributed by atoms with Crippen molar-refractivity contribution in [2.75, 3.05) is 13.1 Å². The van der Waals surface area contributed by atoms with Gasteiger partial charge >= 0.3 is 0 Å². The van der Waals surface area contributed by atoms with E-state index in [1.54, 1.807) is 11.3 Å². The van der Waals surface area contributed by atoms with Crippen LogP contribution in [0.1, 0.15) is 44.5 Å². The maximum Gasteiger partial charge on any atom is 0.228 e. The molecule has 1 aliphatic heterocycles. The van der Waals surface area contributed by atoms with Crippen molar-refractivity contribution in [2.24, 2.45) is 11.3 Å². The minimum atomic E-state index is -0.231. The summed E-state index contributed by atoms with van der Waals surface area (Å²) in [6.07, 6.45) is 1.88. The van der Waals surface area contributed by atoms with Crippen molar-refractivity contribution in [3.05, 3.63) is 22.4 Å². The summed E-state index contributed by atoms with van der Waals surface area (Å²) in [7, 11) is 0. The second kappa shape index (κ2) is 6.06. The molecule has 106 valence electrons. The zero-order valence-electron chi connectivity index (χ0n) is 12.0. The van der Waals surface area contributed by atoms with Crippen LogP contribution in [-0.4, -0.2) is 19.0 Å². The molecule has 0 aromatic carbocycles. The van der Waals surface area contributed by atoms with Gasteiger partial charge in [0.05, 0.1) is 11.5 Å². The Morgan fingerprint density at radius 2 is 2.37 bits per heavy atom. The lowest BCUT2D eigenvalue weighted by molar-refractivity contribution is -0.133. The largest absolute Gasteiger partial charge is 0.348 e. The highest BCUT2D eigenvalue weighted by Crippen LogP contribution is 2.35. The zero-order valence-corrected chi connectivity index (χ0v) is 12.8. The van der Waals surface area contributed by atoms with E-state index in [2.05, 4.69) is 42.9 Å².